The molecule has 2 rings (SSSR count). The highest BCUT2D eigenvalue weighted by atomic mass is 33.2. The molecular weight excluding hydrogens is 374 g/mol. The average molecular weight is 389 g/mol. The Labute approximate surface area is 143 Å². The van der Waals surface area contributed by atoms with E-state index in [9.17, 15) is 26.4 Å². The summed E-state index contributed by atoms with van der Waals surface area (Å²) in [5.74, 6) is -0.877. The average Bonchev–Trinajstić information content (AvgIpc) is 2.53. The standard InChI is InChI=1S/C14H15NO8S2/c1-3-22-14(17)11-8-10(9-23-25(20,21)24(2,18)19)12-6-4-5-7-15(12)13(11)16/h4-8H,3,9H2,1-2H3. The minimum Gasteiger partial charge on any atom is -0.462 e. The number of ether oxygens (including phenoxy) is 1. The number of fused-ring (bicyclic) bond motifs is 1. The second kappa shape index (κ2) is 6.94. The van der Waals surface area contributed by atoms with Crippen LogP contribution in [-0.4, -0.2) is 40.1 Å². The Morgan fingerprint density at radius 3 is 2.48 bits per heavy atom. The molecule has 0 saturated heterocycles. The van der Waals surface area contributed by atoms with Crippen molar-refractivity contribution in [2.75, 3.05) is 12.9 Å². The SMILES string of the molecule is CCOC(=O)c1cc(COS(=O)(=O)S(C)(=O)=O)c2ccccn2c1=O. The first-order chi connectivity index (χ1) is 11.6. The van der Waals surface area contributed by atoms with Crippen LogP contribution in [0, 0.1) is 0 Å². The van der Waals surface area contributed by atoms with Gasteiger partial charge >= 0.3 is 15.1 Å². The van der Waals surface area contributed by atoms with Crippen molar-refractivity contribution in [1.82, 2.24) is 4.40 Å². The Kier molecular flexibility index (Phi) is 5.30. The maximum atomic E-state index is 12.4. The molecule has 9 nitrogen and oxygen atoms in total. The lowest BCUT2D eigenvalue weighted by Crippen LogP contribution is -2.25. The summed E-state index contributed by atoms with van der Waals surface area (Å²) in [6.45, 7) is 0.943. The molecule has 0 radical (unpaired) electrons. The predicted molar refractivity (Wildman–Crippen MR) is 88.2 cm³/mol. The van der Waals surface area contributed by atoms with Gasteiger partial charge in [0, 0.05) is 11.8 Å². The van der Waals surface area contributed by atoms with Crippen LogP contribution in [0.15, 0.2) is 35.3 Å². The zero-order valence-corrected chi connectivity index (χ0v) is 15.0. The number of carbonyl (C=O) groups excluding carboxylic acids is 1. The maximum Gasteiger partial charge on any atom is 0.375 e. The smallest absolute Gasteiger partial charge is 0.375 e. The Bertz CT molecular complexity index is 1080. The molecule has 0 aromatic carbocycles. The van der Waals surface area contributed by atoms with Crippen LogP contribution >= 0.6 is 0 Å². The number of hydrogen-bond acceptors (Lipinski definition) is 8. The molecule has 2 aromatic heterocycles. The third kappa shape index (κ3) is 3.89. The van der Waals surface area contributed by atoms with Gasteiger partial charge in [0.05, 0.1) is 25.0 Å². The van der Waals surface area contributed by atoms with Gasteiger partial charge in [-0.05, 0) is 25.1 Å². The number of pyridine rings is 2. The topological polar surface area (TPSA) is 125 Å². The Morgan fingerprint density at radius 2 is 1.88 bits per heavy atom. The highest BCUT2D eigenvalue weighted by Gasteiger charge is 2.26. The summed E-state index contributed by atoms with van der Waals surface area (Å²) in [5.41, 5.74) is -0.565. The molecule has 0 atom stereocenters. The zero-order valence-electron chi connectivity index (χ0n) is 13.3. The highest BCUT2D eigenvalue weighted by molar-refractivity contribution is 8.65. The van der Waals surface area contributed by atoms with Gasteiger partial charge in [-0.15, -0.1) is 0 Å². The van der Waals surface area contributed by atoms with Gasteiger partial charge in [-0.1, -0.05) is 6.07 Å². The summed E-state index contributed by atoms with van der Waals surface area (Å²) in [7, 11) is -9.33. The zero-order chi connectivity index (χ0) is 18.8. The molecule has 0 saturated carbocycles. The van der Waals surface area contributed by atoms with Crippen molar-refractivity contribution in [3.63, 3.8) is 0 Å². The summed E-state index contributed by atoms with van der Waals surface area (Å²) in [5, 5.41) is 0. The van der Waals surface area contributed by atoms with Gasteiger partial charge in [-0.2, -0.15) is 8.42 Å². The Morgan fingerprint density at radius 1 is 1.20 bits per heavy atom. The summed E-state index contributed by atoms with van der Waals surface area (Å²) in [6.07, 6.45) is 1.88. The third-order valence-electron chi connectivity index (χ3n) is 3.18. The van der Waals surface area contributed by atoms with Crippen molar-refractivity contribution in [1.29, 1.82) is 0 Å². The van der Waals surface area contributed by atoms with Gasteiger partial charge in [0.15, 0.2) is 0 Å². The summed E-state index contributed by atoms with van der Waals surface area (Å²) < 4.78 is 56.0. The summed E-state index contributed by atoms with van der Waals surface area (Å²) >= 11 is 0. The van der Waals surface area contributed by atoms with Crippen LogP contribution in [0.3, 0.4) is 0 Å². The van der Waals surface area contributed by atoms with Gasteiger partial charge in [-0.25, -0.2) is 13.2 Å². The molecule has 11 heteroatoms. The quantitative estimate of drug-likeness (QED) is 0.509. The van der Waals surface area contributed by atoms with E-state index in [1.165, 1.54) is 12.3 Å². The number of hydrogen-bond donors (Lipinski definition) is 0. The molecule has 0 fully saturated rings. The van der Waals surface area contributed by atoms with Gasteiger partial charge in [0.1, 0.15) is 5.56 Å². The molecule has 25 heavy (non-hydrogen) atoms. The summed E-state index contributed by atoms with van der Waals surface area (Å²) in [6, 6.07) is 5.77. The van der Waals surface area contributed by atoms with E-state index in [0.717, 1.165) is 10.5 Å². The lowest BCUT2D eigenvalue weighted by atomic mass is 10.1. The van der Waals surface area contributed by atoms with Crippen LogP contribution in [0.4, 0.5) is 0 Å². The van der Waals surface area contributed by atoms with Crippen LogP contribution in [0.2, 0.25) is 0 Å². The van der Waals surface area contributed by atoms with E-state index in [1.807, 2.05) is 0 Å². The second-order valence-corrected chi connectivity index (χ2v) is 10.4. The molecule has 2 heterocycles. The van der Waals surface area contributed by atoms with Crippen LogP contribution in [0.1, 0.15) is 22.8 Å². The lowest BCUT2D eigenvalue weighted by molar-refractivity contribution is 0.0524. The molecule has 0 N–H and O–H groups in total. The highest BCUT2D eigenvalue weighted by Crippen LogP contribution is 2.15. The Hall–Kier alpha value is -2.24. The van der Waals surface area contributed by atoms with Crippen molar-refractivity contribution in [2.45, 2.75) is 13.5 Å². The third-order valence-corrected chi connectivity index (χ3v) is 6.84. The van der Waals surface area contributed by atoms with Gasteiger partial charge in [-0.3, -0.25) is 13.4 Å². The van der Waals surface area contributed by atoms with Crippen molar-refractivity contribution in [2.24, 2.45) is 0 Å². The number of rotatable bonds is 6. The maximum absolute atomic E-state index is 12.4. The first kappa shape index (κ1) is 19.1. The van der Waals surface area contributed by atoms with Crippen LogP contribution in [0.5, 0.6) is 0 Å². The van der Waals surface area contributed by atoms with Crippen molar-refractivity contribution in [3.8, 4) is 0 Å². The fourth-order valence-electron chi connectivity index (χ4n) is 2.02. The largest absolute Gasteiger partial charge is 0.462 e. The normalized spacial score (nSPS) is 12.2. The number of nitrogens with zero attached hydrogens (tertiary/aromatic N) is 1. The van der Waals surface area contributed by atoms with Crippen molar-refractivity contribution < 1.29 is 30.6 Å². The fraction of sp³-hybridized carbons (Fsp3) is 0.286. The minimum atomic E-state index is -4.85. The molecule has 0 spiro atoms. The van der Waals surface area contributed by atoms with E-state index in [2.05, 4.69) is 4.18 Å². The number of esters is 1. The molecule has 0 amide bonds. The van der Waals surface area contributed by atoms with Crippen LogP contribution in [0.25, 0.3) is 5.52 Å². The second-order valence-electron chi connectivity index (χ2n) is 4.94. The predicted octanol–water partition coefficient (Wildman–Crippen LogP) is 0.282. The fourth-order valence-corrected chi connectivity index (χ4v) is 3.13. The lowest BCUT2D eigenvalue weighted by Gasteiger charge is -2.10. The van der Waals surface area contributed by atoms with E-state index < -0.39 is 36.2 Å². The van der Waals surface area contributed by atoms with E-state index in [0.29, 0.717) is 6.26 Å². The number of aromatic nitrogens is 1. The molecule has 136 valence electrons. The van der Waals surface area contributed by atoms with E-state index >= 15 is 0 Å². The van der Waals surface area contributed by atoms with E-state index in [4.69, 9.17) is 4.74 Å². The van der Waals surface area contributed by atoms with Crippen molar-refractivity contribution >= 4 is 29.5 Å². The molecule has 2 aromatic rings. The van der Waals surface area contributed by atoms with Gasteiger partial charge < -0.3 is 4.74 Å². The first-order valence-electron chi connectivity index (χ1n) is 6.98. The van der Waals surface area contributed by atoms with Crippen molar-refractivity contribution in [3.05, 3.63) is 51.9 Å². The van der Waals surface area contributed by atoms with Crippen LogP contribution < -0.4 is 5.56 Å². The monoisotopic (exact) mass is 389 g/mol. The molecular formula is C14H15NO8S2. The molecule has 0 unspecified atom stereocenters. The van der Waals surface area contributed by atoms with E-state index in [-0.39, 0.29) is 23.3 Å². The minimum absolute atomic E-state index is 0.0457. The molecule has 0 aliphatic heterocycles. The van der Waals surface area contributed by atoms with Gasteiger partial charge in [0.2, 0.25) is 0 Å². The Balaban J connectivity index is 2.58. The van der Waals surface area contributed by atoms with Crippen LogP contribution in [-0.2, 0) is 33.5 Å². The molecule has 0 bridgehead atoms. The molecule has 0 aliphatic rings. The summed E-state index contributed by atoms with van der Waals surface area (Å²) in [4.78, 5) is 24.3. The van der Waals surface area contributed by atoms with Gasteiger partial charge in [0.25, 0.3) is 14.4 Å². The van der Waals surface area contributed by atoms with E-state index in [1.54, 1.807) is 19.1 Å². The molecule has 0 aliphatic carbocycles. The number of carbonyl (C=O) groups is 1. The first-order valence-corrected chi connectivity index (χ1v) is 10.8.